The summed E-state index contributed by atoms with van der Waals surface area (Å²) in [4.78, 5) is 24.7. The Kier molecular flexibility index (Phi) is 9.68. The summed E-state index contributed by atoms with van der Waals surface area (Å²) in [5.74, 6) is 1.21. The van der Waals surface area contributed by atoms with Crippen molar-refractivity contribution in [1.82, 2.24) is 5.43 Å². The second kappa shape index (κ2) is 12.9. The lowest BCUT2D eigenvalue weighted by atomic mass is 10.0. The smallest absolute Gasteiger partial charge is 0.343 e. The fourth-order valence-electron chi connectivity index (χ4n) is 3.34. The first-order chi connectivity index (χ1) is 17.7. The van der Waals surface area contributed by atoms with Gasteiger partial charge < -0.3 is 18.9 Å². The van der Waals surface area contributed by atoms with Gasteiger partial charge in [-0.3, -0.25) is 4.79 Å². The lowest BCUT2D eigenvalue weighted by Gasteiger charge is -2.15. The highest BCUT2D eigenvalue weighted by molar-refractivity contribution is 9.10. The van der Waals surface area contributed by atoms with Crippen molar-refractivity contribution in [3.8, 4) is 23.0 Å². The van der Waals surface area contributed by atoms with Crippen LogP contribution in [0.25, 0.3) is 0 Å². The van der Waals surface area contributed by atoms with Gasteiger partial charge in [0, 0.05) is 4.47 Å². The quantitative estimate of drug-likeness (QED) is 0.147. The van der Waals surface area contributed by atoms with E-state index in [2.05, 4.69) is 40.3 Å². The largest absolute Gasteiger partial charge is 0.497 e. The molecule has 37 heavy (non-hydrogen) atoms. The van der Waals surface area contributed by atoms with E-state index in [1.165, 1.54) is 13.3 Å². The summed E-state index contributed by atoms with van der Waals surface area (Å²) >= 11 is 3.54. The maximum atomic E-state index is 12.5. The van der Waals surface area contributed by atoms with E-state index in [-0.39, 0.29) is 18.3 Å². The zero-order valence-corrected chi connectivity index (χ0v) is 22.9. The molecule has 9 heteroatoms. The van der Waals surface area contributed by atoms with Gasteiger partial charge in [0.2, 0.25) is 0 Å². The van der Waals surface area contributed by atoms with E-state index in [1.807, 2.05) is 19.1 Å². The molecule has 0 atom stereocenters. The van der Waals surface area contributed by atoms with Crippen molar-refractivity contribution in [3.63, 3.8) is 0 Å². The van der Waals surface area contributed by atoms with E-state index in [0.717, 1.165) is 15.6 Å². The number of hydrogen-bond donors (Lipinski definition) is 1. The van der Waals surface area contributed by atoms with Crippen LogP contribution in [-0.2, 0) is 4.79 Å². The molecule has 0 fully saturated rings. The second-order valence-corrected chi connectivity index (χ2v) is 9.26. The van der Waals surface area contributed by atoms with E-state index < -0.39 is 11.9 Å². The molecule has 0 aromatic heterocycles. The Bertz CT molecular complexity index is 1290. The minimum Gasteiger partial charge on any atom is -0.497 e. The Labute approximate surface area is 224 Å². The summed E-state index contributed by atoms with van der Waals surface area (Å²) in [7, 11) is 3.02. The first-order valence-electron chi connectivity index (χ1n) is 11.5. The minimum absolute atomic E-state index is 0.179. The lowest BCUT2D eigenvalue weighted by molar-refractivity contribution is -0.123. The van der Waals surface area contributed by atoms with Crippen LogP contribution < -0.4 is 24.4 Å². The van der Waals surface area contributed by atoms with Crippen LogP contribution in [-0.4, -0.2) is 38.9 Å². The Morgan fingerprint density at radius 3 is 2.35 bits per heavy atom. The lowest BCUT2D eigenvalue weighted by Crippen LogP contribution is -2.25. The SMILES string of the molecule is COc1ccc(C(=O)Oc2ccc(/C=N\NC(=O)COc3cc(C)c(Br)cc3C(C)C)cc2OC)cc1. The highest BCUT2D eigenvalue weighted by Crippen LogP contribution is 2.32. The molecule has 0 aliphatic carbocycles. The third kappa shape index (κ3) is 7.57. The number of amides is 1. The van der Waals surface area contributed by atoms with Gasteiger partial charge in [-0.2, -0.15) is 5.10 Å². The standard InChI is InChI=1S/C28H29BrN2O6/c1-17(2)22-14-23(29)18(3)12-25(22)36-16-27(32)31-30-15-19-6-11-24(26(13-19)35-5)37-28(33)20-7-9-21(34-4)10-8-20/h6-15,17H,16H2,1-5H3,(H,31,32)/b30-15-. The number of esters is 1. The van der Waals surface area contributed by atoms with E-state index in [0.29, 0.717) is 28.4 Å². The number of ether oxygens (including phenoxy) is 4. The first kappa shape index (κ1) is 27.7. The Morgan fingerprint density at radius 1 is 0.973 bits per heavy atom. The van der Waals surface area contributed by atoms with E-state index in [9.17, 15) is 9.59 Å². The summed E-state index contributed by atoms with van der Waals surface area (Å²) in [5.41, 5.74) is 5.48. The van der Waals surface area contributed by atoms with Crippen molar-refractivity contribution < 1.29 is 28.5 Å². The molecular formula is C28H29BrN2O6. The molecule has 3 rings (SSSR count). The maximum Gasteiger partial charge on any atom is 0.343 e. The van der Waals surface area contributed by atoms with Gasteiger partial charge in [-0.15, -0.1) is 0 Å². The monoisotopic (exact) mass is 568 g/mol. The predicted octanol–water partition coefficient (Wildman–Crippen LogP) is 5.65. The van der Waals surface area contributed by atoms with Crippen molar-refractivity contribution in [2.75, 3.05) is 20.8 Å². The molecule has 0 aliphatic rings. The average Bonchev–Trinajstić information content (AvgIpc) is 2.89. The van der Waals surface area contributed by atoms with Crippen molar-refractivity contribution in [2.24, 2.45) is 5.10 Å². The summed E-state index contributed by atoms with van der Waals surface area (Å²) in [6, 6.07) is 15.4. The van der Waals surface area contributed by atoms with Gasteiger partial charge in [0.15, 0.2) is 18.1 Å². The highest BCUT2D eigenvalue weighted by Gasteiger charge is 2.14. The van der Waals surface area contributed by atoms with E-state index in [4.69, 9.17) is 18.9 Å². The number of hydrogen-bond acceptors (Lipinski definition) is 7. The van der Waals surface area contributed by atoms with Crippen LogP contribution in [0.4, 0.5) is 0 Å². The molecule has 3 aromatic rings. The Balaban J connectivity index is 1.59. The van der Waals surface area contributed by atoms with Gasteiger partial charge in [0.1, 0.15) is 11.5 Å². The number of halogens is 1. The van der Waals surface area contributed by atoms with Crippen LogP contribution in [0.5, 0.6) is 23.0 Å². The van der Waals surface area contributed by atoms with Crippen LogP contribution >= 0.6 is 15.9 Å². The van der Waals surface area contributed by atoms with Gasteiger partial charge in [-0.1, -0.05) is 29.8 Å². The molecule has 0 unspecified atom stereocenters. The van der Waals surface area contributed by atoms with Gasteiger partial charge in [-0.25, -0.2) is 10.2 Å². The molecule has 0 saturated heterocycles. The van der Waals surface area contributed by atoms with Crippen LogP contribution in [0, 0.1) is 6.92 Å². The van der Waals surface area contributed by atoms with Crippen LogP contribution in [0.2, 0.25) is 0 Å². The first-order valence-corrected chi connectivity index (χ1v) is 12.3. The molecule has 8 nitrogen and oxygen atoms in total. The molecule has 0 bridgehead atoms. The molecule has 3 aromatic carbocycles. The number of rotatable bonds is 10. The zero-order valence-electron chi connectivity index (χ0n) is 21.3. The van der Waals surface area contributed by atoms with Crippen LogP contribution in [0.3, 0.4) is 0 Å². The minimum atomic E-state index is -0.531. The molecule has 0 spiro atoms. The Morgan fingerprint density at radius 2 is 1.70 bits per heavy atom. The van der Waals surface area contributed by atoms with Gasteiger partial charge in [-0.05, 0) is 84.1 Å². The van der Waals surface area contributed by atoms with Gasteiger partial charge in [0.05, 0.1) is 26.0 Å². The number of methoxy groups -OCH3 is 2. The summed E-state index contributed by atoms with van der Waals surface area (Å²) in [5, 5.41) is 3.99. The van der Waals surface area contributed by atoms with E-state index >= 15 is 0 Å². The maximum absolute atomic E-state index is 12.5. The number of carbonyl (C=O) groups excluding carboxylic acids is 2. The van der Waals surface area contributed by atoms with Gasteiger partial charge >= 0.3 is 5.97 Å². The number of hydrazone groups is 1. The van der Waals surface area contributed by atoms with Crippen molar-refractivity contribution in [3.05, 3.63) is 81.3 Å². The number of benzene rings is 3. The molecule has 1 N–H and O–H groups in total. The van der Waals surface area contributed by atoms with Gasteiger partial charge in [0.25, 0.3) is 5.91 Å². The number of aryl methyl sites for hydroxylation is 1. The van der Waals surface area contributed by atoms with Crippen LogP contribution in [0.15, 0.2) is 64.2 Å². The Hall–Kier alpha value is -3.85. The normalized spacial score (nSPS) is 10.9. The molecular weight excluding hydrogens is 540 g/mol. The molecule has 0 radical (unpaired) electrons. The zero-order chi connectivity index (χ0) is 26.9. The highest BCUT2D eigenvalue weighted by atomic mass is 79.9. The van der Waals surface area contributed by atoms with Crippen LogP contribution in [0.1, 0.15) is 46.8 Å². The molecule has 194 valence electrons. The van der Waals surface area contributed by atoms with E-state index in [1.54, 1.807) is 49.6 Å². The van der Waals surface area contributed by atoms with Crippen molar-refractivity contribution in [2.45, 2.75) is 26.7 Å². The molecule has 1 amide bonds. The molecule has 0 saturated carbocycles. The summed E-state index contributed by atoms with van der Waals surface area (Å²) in [6.45, 7) is 5.91. The third-order valence-electron chi connectivity index (χ3n) is 5.39. The second-order valence-electron chi connectivity index (χ2n) is 8.40. The third-order valence-corrected chi connectivity index (χ3v) is 6.25. The topological polar surface area (TPSA) is 95.5 Å². The number of nitrogens with zero attached hydrogens (tertiary/aromatic N) is 1. The summed E-state index contributed by atoms with van der Waals surface area (Å²) in [6.07, 6.45) is 1.46. The fourth-order valence-corrected chi connectivity index (χ4v) is 3.70. The van der Waals surface area contributed by atoms with Crippen molar-refractivity contribution >= 4 is 34.0 Å². The summed E-state index contributed by atoms with van der Waals surface area (Å²) < 4.78 is 22.7. The predicted molar refractivity (Wildman–Crippen MR) is 145 cm³/mol. The number of nitrogens with one attached hydrogen (secondary N) is 1. The average molecular weight is 569 g/mol. The van der Waals surface area contributed by atoms with Crippen molar-refractivity contribution in [1.29, 1.82) is 0 Å². The molecule has 0 aliphatic heterocycles. The molecule has 0 heterocycles. The number of carbonyl (C=O) groups is 2. The fraction of sp³-hybridized carbons (Fsp3) is 0.250.